The van der Waals surface area contributed by atoms with Crippen LogP contribution in [0.4, 0.5) is 0 Å². The second-order valence-electron chi connectivity index (χ2n) is 5.80. The van der Waals surface area contributed by atoms with Crippen LogP contribution < -0.4 is 5.43 Å². The maximum atomic E-state index is 12.8. The summed E-state index contributed by atoms with van der Waals surface area (Å²) in [6.07, 6.45) is 0.816. The lowest BCUT2D eigenvalue weighted by Crippen LogP contribution is -2.11. The summed E-state index contributed by atoms with van der Waals surface area (Å²) in [6.45, 7) is 5.81. The lowest BCUT2D eigenvalue weighted by molar-refractivity contribution is 0.0527. The van der Waals surface area contributed by atoms with E-state index in [1.807, 2.05) is 24.3 Å². The molecule has 128 valence electrons. The fourth-order valence-corrected chi connectivity index (χ4v) is 2.99. The number of hydrogen-bond donors (Lipinski definition) is 0. The third-order valence-corrected chi connectivity index (χ3v) is 4.28. The molecule has 0 amide bonds. The first-order valence-corrected chi connectivity index (χ1v) is 8.40. The summed E-state index contributed by atoms with van der Waals surface area (Å²) in [5, 5.41) is 0.390. The van der Waals surface area contributed by atoms with Gasteiger partial charge in [-0.2, -0.15) is 0 Å². The first-order chi connectivity index (χ1) is 12.1. The first-order valence-electron chi connectivity index (χ1n) is 8.40. The SMILES string of the molecule is CCOC(=O)c1cccc2c(=O)c(C)c(-c3ccccc3CC)oc12. The second kappa shape index (κ2) is 6.93. The van der Waals surface area contributed by atoms with Gasteiger partial charge in [0.1, 0.15) is 11.3 Å². The van der Waals surface area contributed by atoms with Crippen LogP contribution in [0.15, 0.2) is 51.7 Å². The smallest absolute Gasteiger partial charge is 0.341 e. The van der Waals surface area contributed by atoms with E-state index < -0.39 is 5.97 Å². The van der Waals surface area contributed by atoms with Gasteiger partial charge in [-0.25, -0.2) is 4.79 Å². The third kappa shape index (κ3) is 2.95. The number of carbonyl (C=O) groups is 1. The first kappa shape index (κ1) is 17.0. The van der Waals surface area contributed by atoms with E-state index >= 15 is 0 Å². The van der Waals surface area contributed by atoms with Crippen molar-refractivity contribution in [3.8, 4) is 11.3 Å². The Labute approximate surface area is 146 Å². The molecule has 1 heterocycles. The zero-order valence-electron chi connectivity index (χ0n) is 14.6. The molecule has 4 heteroatoms. The molecule has 0 saturated heterocycles. The summed E-state index contributed by atoms with van der Waals surface area (Å²) in [5.74, 6) is 0.0153. The Morgan fingerprint density at radius 1 is 1.08 bits per heavy atom. The molecule has 0 unspecified atom stereocenters. The second-order valence-corrected chi connectivity index (χ2v) is 5.80. The summed E-state index contributed by atoms with van der Waals surface area (Å²) in [4.78, 5) is 25.1. The Bertz CT molecular complexity index is 998. The van der Waals surface area contributed by atoms with Crippen molar-refractivity contribution in [2.75, 3.05) is 6.61 Å². The van der Waals surface area contributed by atoms with Crippen LogP contribution in [0.5, 0.6) is 0 Å². The van der Waals surface area contributed by atoms with E-state index in [-0.39, 0.29) is 23.2 Å². The lowest BCUT2D eigenvalue weighted by Gasteiger charge is -2.12. The highest BCUT2D eigenvalue weighted by molar-refractivity contribution is 6.02. The van der Waals surface area contributed by atoms with Crippen molar-refractivity contribution >= 4 is 16.9 Å². The molecule has 1 aromatic heterocycles. The maximum Gasteiger partial charge on any atom is 0.341 e. The van der Waals surface area contributed by atoms with Crippen molar-refractivity contribution in [1.29, 1.82) is 0 Å². The van der Waals surface area contributed by atoms with E-state index in [9.17, 15) is 9.59 Å². The number of ether oxygens (including phenoxy) is 1. The van der Waals surface area contributed by atoms with Gasteiger partial charge in [-0.3, -0.25) is 4.79 Å². The van der Waals surface area contributed by atoms with Crippen molar-refractivity contribution < 1.29 is 13.9 Å². The standard InChI is InChI=1S/C21H20O4/c1-4-14-9-6-7-10-15(14)19-13(3)18(22)16-11-8-12-17(20(16)25-19)21(23)24-5-2/h6-12H,4-5H2,1-3H3. The van der Waals surface area contributed by atoms with Crippen molar-refractivity contribution in [3.05, 3.63) is 69.4 Å². The molecule has 25 heavy (non-hydrogen) atoms. The number of benzene rings is 2. The van der Waals surface area contributed by atoms with Gasteiger partial charge in [0, 0.05) is 11.1 Å². The number of fused-ring (bicyclic) bond motifs is 1. The summed E-state index contributed by atoms with van der Waals surface area (Å²) < 4.78 is 11.2. The Morgan fingerprint density at radius 3 is 2.56 bits per heavy atom. The van der Waals surface area contributed by atoms with Crippen LogP contribution in [0.25, 0.3) is 22.3 Å². The summed E-state index contributed by atoms with van der Waals surface area (Å²) in [6, 6.07) is 12.8. The van der Waals surface area contributed by atoms with E-state index in [1.54, 1.807) is 32.0 Å². The van der Waals surface area contributed by atoms with Gasteiger partial charge in [0.15, 0.2) is 11.0 Å². The molecular weight excluding hydrogens is 316 g/mol. The van der Waals surface area contributed by atoms with E-state index in [2.05, 4.69) is 6.92 Å². The van der Waals surface area contributed by atoms with E-state index in [0.717, 1.165) is 17.5 Å². The minimum atomic E-state index is -0.491. The van der Waals surface area contributed by atoms with Crippen molar-refractivity contribution in [2.45, 2.75) is 27.2 Å². The van der Waals surface area contributed by atoms with E-state index in [0.29, 0.717) is 16.7 Å². The van der Waals surface area contributed by atoms with Gasteiger partial charge in [0.05, 0.1) is 12.0 Å². The van der Waals surface area contributed by atoms with Gasteiger partial charge in [-0.1, -0.05) is 37.3 Å². The predicted octanol–water partition coefficient (Wildman–Crippen LogP) is 4.51. The summed E-state index contributed by atoms with van der Waals surface area (Å²) >= 11 is 0. The highest BCUT2D eigenvalue weighted by Gasteiger charge is 2.19. The molecule has 0 aliphatic carbocycles. The van der Waals surface area contributed by atoms with Crippen LogP contribution in [0, 0.1) is 6.92 Å². The fraction of sp³-hybridized carbons (Fsp3) is 0.238. The molecule has 0 spiro atoms. The molecule has 0 bridgehead atoms. The molecule has 2 aromatic carbocycles. The van der Waals surface area contributed by atoms with Crippen LogP contribution in [0.2, 0.25) is 0 Å². The molecule has 3 aromatic rings. The van der Waals surface area contributed by atoms with Gasteiger partial charge in [0.2, 0.25) is 0 Å². The molecule has 4 nitrogen and oxygen atoms in total. The number of esters is 1. The average molecular weight is 336 g/mol. The van der Waals surface area contributed by atoms with Crippen molar-refractivity contribution in [2.24, 2.45) is 0 Å². The molecular formula is C21H20O4. The summed E-state index contributed by atoms with van der Waals surface area (Å²) in [7, 11) is 0. The zero-order valence-corrected chi connectivity index (χ0v) is 14.6. The van der Waals surface area contributed by atoms with Crippen LogP contribution in [0.1, 0.15) is 35.3 Å². The maximum absolute atomic E-state index is 12.8. The fourth-order valence-electron chi connectivity index (χ4n) is 2.99. The Hall–Kier alpha value is -2.88. The van der Waals surface area contributed by atoms with Crippen LogP contribution in [-0.4, -0.2) is 12.6 Å². The van der Waals surface area contributed by atoms with Crippen LogP contribution in [-0.2, 0) is 11.2 Å². The molecule has 0 radical (unpaired) electrons. The van der Waals surface area contributed by atoms with Gasteiger partial charge >= 0.3 is 5.97 Å². The number of aryl methyl sites for hydroxylation is 1. The Kier molecular flexibility index (Phi) is 4.70. The topological polar surface area (TPSA) is 56.5 Å². The minimum Gasteiger partial charge on any atom is -0.462 e. The highest BCUT2D eigenvalue weighted by Crippen LogP contribution is 2.30. The number of hydrogen-bond acceptors (Lipinski definition) is 4. The van der Waals surface area contributed by atoms with Gasteiger partial charge in [-0.05, 0) is 38.0 Å². The molecule has 0 fully saturated rings. The minimum absolute atomic E-state index is 0.131. The molecule has 0 aliphatic heterocycles. The van der Waals surface area contributed by atoms with Gasteiger partial charge < -0.3 is 9.15 Å². The number of rotatable bonds is 4. The molecule has 3 rings (SSSR count). The average Bonchev–Trinajstić information content (AvgIpc) is 2.64. The normalized spacial score (nSPS) is 10.8. The Balaban J connectivity index is 2.35. The van der Waals surface area contributed by atoms with E-state index in [4.69, 9.17) is 9.15 Å². The summed E-state index contributed by atoms with van der Waals surface area (Å²) in [5.41, 5.74) is 2.91. The third-order valence-electron chi connectivity index (χ3n) is 4.28. The number of carbonyl (C=O) groups excluding carboxylic acids is 1. The number of para-hydroxylation sites is 1. The highest BCUT2D eigenvalue weighted by atomic mass is 16.5. The molecule has 0 N–H and O–H groups in total. The van der Waals surface area contributed by atoms with Gasteiger partial charge in [0.25, 0.3) is 0 Å². The molecule has 0 aliphatic rings. The molecule has 0 saturated carbocycles. The largest absolute Gasteiger partial charge is 0.462 e. The van der Waals surface area contributed by atoms with Crippen LogP contribution >= 0.6 is 0 Å². The van der Waals surface area contributed by atoms with Gasteiger partial charge in [-0.15, -0.1) is 0 Å². The predicted molar refractivity (Wildman–Crippen MR) is 98.0 cm³/mol. The van der Waals surface area contributed by atoms with Crippen LogP contribution in [0.3, 0.4) is 0 Å². The quantitative estimate of drug-likeness (QED) is 0.658. The van der Waals surface area contributed by atoms with Crippen molar-refractivity contribution in [3.63, 3.8) is 0 Å². The zero-order chi connectivity index (χ0) is 18.0. The Morgan fingerprint density at radius 2 is 1.84 bits per heavy atom. The monoisotopic (exact) mass is 336 g/mol. The lowest BCUT2D eigenvalue weighted by atomic mass is 9.99. The molecule has 0 atom stereocenters. The van der Waals surface area contributed by atoms with Crippen molar-refractivity contribution in [1.82, 2.24) is 0 Å². The van der Waals surface area contributed by atoms with E-state index in [1.165, 1.54) is 0 Å².